The molecule has 3 N–H and O–H groups in total. The molecule has 2 aromatic heterocycles. The van der Waals surface area contributed by atoms with Crippen molar-refractivity contribution in [3.63, 3.8) is 0 Å². The first-order valence-corrected chi connectivity index (χ1v) is 11.8. The smallest absolute Gasteiger partial charge is 0.305 e. The van der Waals surface area contributed by atoms with Crippen molar-refractivity contribution in [2.24, 2.45) is 5.92 Å². The van der Waals surface area contributed by atoms with E-state index in [1.807, 2.05) is 18.2 Å². The molecule has 0 atom stereocenters. The van der Waals surface area contributed by atoms with Crippen LogP contribution in [0.15, 0.2) is 42.7 Å². The number of anilines is 1. The molecular weight excluding hydrogens is 434 g/mol. The van der Waals surface area contributed by atoms with E-state index in [4.69, 9.17) is 10.1 Å². The molecule has 4 heterocycles. The summed E-state index contributed by atoms with van der Waals surface area (Å²) in [7, 11) is 0. The van der Waals surface area contributed by atoms with Gasteiger partial charge in [0.15, 0.2) is 0 Å². The standard InChI is InChI=1S/C20H28N4O4.C5H5N/c25-17(21-9-5-19(27)28)13-18(26)24-10-6-14(7-11-24)12-16-4-3-15-2-1-8-22-20(15)23-16;1-2-4-6-5-3-1/h3-4,14H,1-2,5-13H2,(H,21,25)(H,22,23)(H,27,28);1-5H. The molecule has 4 rings (SSSR count). The number of likely N-dealkylation sites (tertiary alicyclic amines) is 1. The van der Waals surface area contributed by atoms with Crippen LogP contribution < -0.4 is 10.6 Å². The molecule has 2 amide bonds. The van der Waals surface area contributed by atoms with Crippen LogP contribution in [0.4, 0.5) is 5.82 Å². The van der Waals surface area contributed by atoms with E-state index in [1.54, 1.807) is 17.3 Å². The number of fused-ring (bicyclic) bond motifs is 1. The van der Waals surface area contributed by atoms with Gasteiger partial charge in [-0.2, -0.15) is 0 Å². The van der Waals surface area contributed by atoms with E-state index in [-0.39, 0.29) is 25.3 Å². The fourth-order valence-electron chi connectivity index (χ4n) is 4.10. The average molecular weight is 468 g/mol. The van der Waals surface area contributed by atoms with Gasteiger partial charge in [0.2, 0.25) is 11.8 Å². The topological polar surface area (TPSA) is 125 Å². The molecule has 9 nitrogen and oxygen atoms in total. The van der Waals surface area contributed by atoms with E-state index >= 15 is 0 Å². The Bertz CT molecular complexity index is 919. The quantitative estimate of drug-likeness (QED) is 0.534. The second-order valence-electron chi connectivity index (χ2n) is 8.56. The van der Waals surface area contributed by atoms with Crippen molar-refractivity contribution in [1.82, 2.24) is 20.2 Å². The van der Waals surface area contributed by atoms with Crippen LogP contribution in [0.3, 0.4) is 0 Å². The first kappa shape index (κ1) is 25.1. The van der Waals surface area contributed by atoms with E-state index < -0.39 is 11.9 Å². The number of pyridine rings is 2. The number of nitrogens with one attached hydrogen (secondary N) is 2. The van der Waals surface area contributed by atoms with Gasteiger partial charge in [-0.1, -0.05) is 12.1 Å². The van der Waals surface area contributed by atoms with E-state index in [0.717, 1.165) is 50.2 Å². The zero-order valence-corrected chi connectivity index (χ0v) is 19.4. The number of hydrogen-bond acceptors (Lipinski definition) is 6. The van der Waals surface area contributed by atoms with Crippen LogP contribution in [0, 0.1) is 5.92 Å². The van der Waals surface area contributed by atoms with Gasteiger partial charge in [0.1, 0.15) is 12.2 Å². The second kappa shape index (κ2) is 13.3. The summed E-state index contributed by atoms with van der Waals surface area (Å²) in [5.41, 5.74) is 2.38. The Morgan fingerprint density at radius 2 is 1.88 bits per heavy atom. The summed E-state index contributed by atoms with van der Waals surface area (Å²) in [5, 5.41) is 14.4. The number of carboxylic acids is 1. The molecule has 2 aliphatic rings. The SMILES string of the molecule is O=C(O)CCNC(=O)CC(=O)N1CCC(Cc2ccc3c(n2)NCCC3)CC1.c1ccncc1. The molecular formula is C25H33N5O4. The van der Waals surface area contributed by atoms with Crippen LogP contribution in [0.2, 0.25) is 0 Å². The fourth-order valence-corrected chi connectivity index (χ4v) is 4.10. The molecule has 0 saturated carbocycles. The summed E-state index contributed by atoms with van der Waals surface area (Å²) >= 11 is 0. The molecule has 0 aromatic carbocycles. The van der Waals surface area contributed by atoms with Gasteiger partial charge in [-0.15, -0.1) is 0 Å². The van der Waals surface area contributed by atoms with Gasteiger partial charge < -0.3 is 20.6 Å². The van der Waals surface area contributed by atoms with Gasteiger partial charge in [-0.05, 0) is 61.8 Å². The summed E-state index contributed by atoms with van der Waals surface area (Å²) in [6.07, 6.45) is 8.09. The first-order valence-electron chi connectivity index (χ1n) is 11.8. The van der Waals surface area contributed by atoms with Crippen LogP contribution in [0.5, 0.6) is 0 Å². The number of aromatic nitrogens is 2. The zero-order chi connectivity index (χ0) is 24.2. The molecule has 9 heteroatoms. The maximum atomic E-state index is 12.3. The Morgan fingerprint density at radius 1 is 1.12 bits per heavy atom. The number of carbonyl (C=O) groups excluding carboxylic acids is 2. The summed E-state index contributed by atoms with van der Waals surface area (Å²) in [6, 6.07) is 10.0. The number of amides is 2. The number of carbonyl (C=O) groups is 3. The molecule has 0 unspecified atom stereocenters. The molecule has 1 fully saturated rings. The summed E-state index contributed by atoms with van der Waals surface area (Å²) in [4.78, 5) is 44.7. The number of rotatable bonds is 7. The molecule has 0 bridgehead atoms. The summed E-state index contributed by atoms with van der Waals surface area (Å²) in [6.45, 7) is 2.32. The van der Waals surface area contributed by atoms with E-state index in [0.29, 0.717) is 19.0 Å². The lowest BCUT2D eigenvalue weighted by Gasteiger charge is -2.32. The Kier molecular flexibility index (Phi) is 9.81. The Morgan fingerprint density at radius 3 is 2.53 bits per heavy atom. The highest BCUT2D eigenvalue weighted by Gasteiger charge is 2.25. The lowest BCUT2D eigenvalue weighted by Crippen LogP contribution is -2.41. The van der Waals surface area contributed by atoms with Crippen LogP contribution in [0.25, 0.3) is 0 Å². The maximum absolute atomic E-state index is 12.3. The van der Waals surface area contributed by atoms with E-state index in [9.17, 15) is 14.4 Å². The van der Waals surface area contributed by atoms with Gasteiger partial charge in [-0.25, -0.2) is 4.98 Å². The van der Waals surface area contributed by atoms with Crippen molar-refractivity contribution in [2.75, 3.05) is 31.5 Å². The monoisotopic (exact) mass is 467 g/mol. The second-order valence-corrected chi connectivity index (χ2v) is 8.56. The number of aliphatic carboxylic acids is 1. The number of carboxylic acid groups (broad SMARTS) is 1. The van der Waals surface area contributed by atoms with Gasteiger partial charge in [0, 0.05) is 44.3 Å². The molecule has 182 valence electrons. The van der Waals surface area contributed by atoms with Gasteiger partial charge in [0.25, 0.3) is 0 Å². The van der Waals surface area contributed by atoms with Crippen molar-refractivity contribution in [1.29, 1.82) is 0 Å². The minimum atomic E-state index is -0.974. The zero-order valence-electron chi connectivity index (χ0n) is 19.4. The summed E-state index contributed by atoms with van der Waals surface area (Å²) in [5.74, 6) is -0.0766. The highest BCUT2D eigenvalue weighted by molar-refractivity contribution is 5.97. The third kappa shape index (κ3) is 8.46. The number of aryl methyl sites for hydroxylation is 1. The van der Waals surface area contributed by atoms with E-state index in [1.165, 1.54) is 5.56 Å². The normalized spacial score (nSPS) is 15.2. The van der Waals surface area contributed by atoms with Crippen molar-refractivity contribution in [2.45, 2.75) is 44.9 Å². The third-order valence-electron chi connectivity index (χ3n) is 5.96. The third-order valence-corrected chi connectivity index (χ3v) is 5.96. The largest absolute Gasteiger partial charge is 0.481 e. The predicted molar refractivity (Wildman–Crippen MR) is 128 cm³/mol. The van der Waals surface area contributed by atoms with Crippen LogP contribution >= 0.6 is 0 Å². The van der Waals surface area contributed by atoms with Gasteiger partial charge >= 0.3 is 5.97 Å². The number of piperidine rings is 1. The molecule has 1 saturated heterocycles. The van der Waals surface area contributed by atoms with Gasteiger partial charge in [-0.3, -0.25) is 19.4 Å². The first-order chi connectivity index (χ1) is 16.5. The molecule has 0 spiro atoms. The minimum absolute atomic E-state index is 0.0478. The lowest BCUT2D eigenvalue weighted by atomic mass is 9.91. The molecule has 2 aromatic rings. The average Bonchev–Trinajstić information content (AvgIpc) is 2.85. The molecule has 0 aliphatic carbocycles. The Balaban J connectivity index is 0.000000469. The van der Waals surface area contributed by atoms with Crippen LogP contribution in [-0.2, 0) is 27.2 Å². The molecule has 0 radical (unpaired) electrons. The van der Waals surface area contributed by atoms with Crippen LogP contribution in [-0.4, -0.2) is 63.9 Å². The molecule has 2 aliphatic heterocycles. The number of hydrogen-bond donors (Lipinski definition) is 3. The van der Waals surface area contributed by atoms with E-state index in [2.05, 4.69) is 27.8 Å². The molecule has 34 heavy (non-hydrogen) atoms. The lowest BCUT2D eigenvalue weighted by molar-refractivity contribution is -0.137. The summed E-state index contributed by atoms with van der Waals surface area (Å²) < 4.78 is 0. The van der Waals surface area contributed by atoms with Crippen molar-refractivity contribution >= 4 is 23.6 Å². The van der Waals surface area contributed by atoms with Crippen molar-refractivity contribution in [3.05, 3.63) is 54.0 Å². The Labute approximate surface area is 200 Å². The fraction of sp³-hybridized carbons (Fsp3) is 0.480. The predicted octanol–water partition coefficient (Wildman–Crippen LogP) is 2.28. The van der Waals surface area contributed by atoms with Crippen molar-refractivity contribution in [3.8, 4) is 0 Å². The highest BCUT2D eigenvalue weighted by atomic mass is 16.4. The van der Waals surface area contributed by atoms with Crippen LogP contribution in [0.1, 0.15) is 43.4 Å². The van der Waals surface area contributed by atoms with Gasteiger partial charge in [0.05, 0.1) is 6.42 Å². The number of nitrogens with zero attached hydrogens (tertiary/aromatic N) is 3. The maximum Gasteiger partial charge on any atom is 0.305 e. The minimum Gasteiger partial charge on any atom is -0.481 e. The Hall–Kier alpha value is -3.49. The highest BCUT2D eigenvalue weighted by Crippen LogP contribution is 2.24. The van der Waals surface area contributed by atoms with Crippen molar-refractivity contribution < 1.29 is 19.5 Å².